The molecular weight excluding hydrogens is 382 g/mol. The molecule has 2 aromatic carbocycles. The van der Waals surface area contributed by atoms with E-state index in [0.29, 0.717) is 17.1 Å². The van der Waals surface area contributed by atoms with Crippen molar-refractivity contribution < 1.29 is 18.8 Å². The van der Waals surface area contributed by atoms with Crippen LogP contribution in [0.2, 0.25) is 0 Å². The van der Waals surface area contributed by atoms with Crippen molar-refractivity contribution in [1.29, 1.82) is 0 Å². The van der Waals surface area contributed by atoms with Crippen molar-refractivity contribution in [2.75, 3.05) is 10.2 Å². The monoisotopic (exact) mass is 403 g/mol. The Hall–Kier alpha value is -3.87. The van der Waals surface area contributed by atoms with Gasteiger partial charge >= 0.3 is 6.03 Å². The third-order valence-corrected chi connectivity index (χ3v) is 4.95. The second-order valence-electron chi connectivity index (χ2n) is 7.13. The number of imide groups is 1. The summed E-state index contributed by atoms with van der Waals surface area (Å²) in [5.41, 5.74) is 2.13. The fourth-order valence-electron chi connectivity index (χ4n) is 3.42. The molecule has 7 nitrogen and oxygen atoms in total. The molecule has 0 aliphatic carbocycles. The van der Waals surface area contributed by atoms with E-state index in [1.807, 2.05) is 37.3 Å². The molecule has 1 aromatic heterocycles. The normalized spacial score (nSPS) is 16.2. The van der Waals surface area contributed by atoms with Crippen LogP contribution in [0.15, 0.2) is 77.4 Å². The van der Waals surface area contributed by atoms with Crippen molar-refractivity contribution >= 4 is 29.2 Å². The lowest BCUT2D eigenvalue weighted by atomic mass is 10.1. The molecule has 4 amide bonds. The van der Waals surface area contributed by atoms with Gasteiger partial charge in [0.05, 0.1) is 24.9 Å². The maximum absolute atomic E-state index is 13.2. The smallest absolute Gasteiger partial charge is 0.332 e. The first kappa shape index (κ1) is 19.4. The highest BCUT2D eigenvalue weighted by Crippen LogP contribution is 2.29. The van der Waals surface area contributed by atoms with Crippen LogP contribution in [0.1, 0.15) is 17.7 Å². The van der Waals surface area contributed by atoms with Gasteiger partial charge in [0.15, 0.2) is 0 Å². The molecule has 0 bridgehead atoms. The van der Waals surface area contributed by atoms with E-state index < -0.39 is 18.0 Å². The zero-order valence-corrected chi connectivity index (χ0v) is 16.4. The zero-order chi connectivity index (χ0) is 21.1. The summed E-state index contributed by atoms with van der Waals surface area (Å²) in [5, 5.41) is 2.77. The maximum atomic E-state index is 13.2. The van der Waals surface area contributed by atoms with E-state index in [4.69, 9.17) is 4.42 Å². The standard InChI is InChI=1S/C23H21N3O4/c1-16-9-11-18(12-10-16)26-22(28)20(14-21(27)24-17-6-3-2-4-7-17)25(23(26)29)15-19-8-5-13-30-19/h2-13,20H,14-15H2,1H3,(H,24,27). The number of benzene rings is 2. The van der Waals surface area contributed by atoms with Crippen molar-refractivity contribution in [3.63, 3.8) is 0 Å². The molecule has 1 aliphatic rings. The number of nitrogens with zero attached hydrogens (tertiary/aromatic N) is 2. The highest BCUT2D eigenvalue weighted by molar-refractivity contribution is 6.22. The number of furan rings is 1. The summed E-state index contributed by atoms with van der Waals surface area (Å²) < 4.78 is 5.36. The number of amides is 4. The summed E-state index contributed by atoms with van der Waals surface area (Å²) >= 11 is 0. The Morgan fingerprint density at radius 1 is 1.00 bits per heavy atom. The van der Waals surface area contributed by atoms with Crippen molar-refractivity contribution in [3.05, 3.63) is 84.3 Å². The molecule has 2 heterocycles. The van der Waals surface area contributed by atoms with Gasteiger partial charge in [-0.05, 0) is 43.3 Å². The Bertz CT molecular complexity index is 1050. The van der Waals surface area contributed by atoms with E-state index in [1.54, 1.807) is 36.4 Å². The third kappa shape index (κ3) is 3.96. The summed E-state index contributed by atoms with van der Waals surface area (Å²) in [6.07, 6.45) is 1.36. The second-order valence-corrected chi connectivity index (χ2v) is 7.13. The Morgan fingerprint density at radius 3 is 2.40 bits per heavy atom. The summed E-state index contributed by atoms with van der Waals surface area (Å²) in [7, 11) is 0. The summed E-state index contributed by atoms with van der Waals surface area (Å²) in [6.45, 7) is 2.03. The molecule has 3 aromatic rings. The maximum Gasteiger partial charge on any atom is 0.332 e. The topological polar surface area (TPSA) is 82.9 Å². The number of anilines is 2. The van der Waals surface area contributed by atoms with E-state index in [0.717, 1.165) is 10.5 Å². The van der Waals surface area contributed by atoms with Crippen LogP contribution in [0.5, 0.6) is 0 Å². The van der Waals surface area contributed by atoms with E-state index in [-0.39, 0.29) is 18.9 Å². The Morgan fingerprint density at radius 2 is 1.73 bits per heavy atom. The highest BCUT2D eigenvalue weighted by Gasteiger charge is 2.46. The van der Waals surface area contributed by atoms with Crippen LogP contribution in [0, 0.1) is 6.92 Å². The van der Waals surface area contributed by atoms with Gasteiger partial charge in [-0.2, -0.15) is 0 Å². The average Bonchev–Trinajstić information content (AvgIpc) is 3.33. The minimum absolute atomic E-state index is 0.100. The first-order chi connectivity index (χ1) is 14.5. The van der Waals surface area contributed by atoms with Crippen molar-refractivity contribution in [2.24, 2.45) is 0 Å². The number of urea groups is 1. The predicted molar refractivity (Wildman–Crippen MR) is 112 cm³/mol. The molecule has 1 fully saturated rings. The predicted octanol–water partition coefficient (Wildman–Crippen LogP) is 3.95. The summed E-state index contributed by atoms with van der Waals surface area (Å²) in [5.74, 6) is -0.239. The van der Waals surface area contributed by atoms with Crippen LogP contribution in [0.3, 0.4) is 0 Å². The van der Waals surface area contributed by atoms with Gasteiger partial charge in [-0.25, -0.2) is 9.69 Å². The van der Waals surface area contributed by atoms with E-state index in [9.17, 15) is 14.4 Å². The Balaban J connectivity index is 1.59. The van der Waals surface area contributed by atoms with Crippen LogP contribution in [-0.4, -0.2) is 28.8 Å². The van der Waals surface area contributed by atoms with Gasteiger partial charge in [-0.1, -0.05) is 35.9 Å². The number of para-hydroxylation sites is 1. The van der Waals surface area contributed by atoms with Crippen molar-refractivity contribution in [2.45, 2.75) is 25.9 Å². The minimum atomic E-state index is -0.924. The Kier molecular flexibility index (Phi) is 5.34. The van der Waals surface area contributed by atoms with E-state index in [1.165, 1.54) is 11.2 Å². The number of aryl methyl sites for hydroxylation is 1. The first-order valence-electron chi connectivity index (χ1n) is 9.61. The number of carbonyl (C=O) groups is 3. The Labute approximate surface area is 173 Å². The third-order valence-electron chi connectivity index (χ3n) is 4.95. The lowest BCUT2D eigenvalue weighted by Gasteiger charge is -2.20. The number of hydrogen-bond donors (Lipinski definition) is 1. The van der Waals surface area contributed by atoms with Gasteiger partial charge in [0.1, 0.15) is 11.8 Å². The molecule has 152 valence electrons. The fraction of sp³-hybridized carbons (Fsp3) is 0.174. The van der Waals surface area contributed by atoms with Crippen LogP contribution in [0.25, 0.3) is 0 Å². The van der Waals surface area contributed by atoms with Crippen LogP contribution in [0.4, 0.5) is 16.2 Å². The molecule has 1 saturated heterocycles. The van der Waals surface area contributed by atoms with Gasteiger partial charge in [0.25, 0.3) is 5.91 Å². The molecule has 1 unspecified atom stereocenters. The first-order valence-corrected chi connectivity index (χ1v) is 9.61. The second kappa shape index (κ2) is 8.24. The molecule has 0 radical (unpaired) electrons. The lowest BCUT2D eigenvalue weighted by Crippen LogP contribution is -2.37. The van der Waals surface area contributed by atoms with E-state index in [2.05, 4.69) is 5.32 Å². The van der Waals surface area contributed by atoms with Crippen LogP contribution < -0.4 is 10.2 Å². The molecule has 0 saturated carbocycles. The number of nitrogens with one attached hydrogen (secondary N) is 1. The van der Waals surface area contributed by atoms with Gasteiger partial charge in [-0.15, -0.1) is 0 Å². The molecule has 1 atom stereocenters. The molecule has 0 spiro atoms. The van der Waals surface area contributed by atoms with Crippen molar-refractivity contribution in [1.82, 2.24) is 4.90 Å². The molecule has 1 aliphatic heterocycles. The SMILES string of the molecule is Cc1ccc(N2C(=O)C(CC(=O)Nc3ccccc3)N(Cc3ccco3)C2=O)cc1. The molecular formula is C23H21N3O4. The summed E-state index contributed by atoms with van der Waals surface area (Å²) in [6, 6.07) is 18.2. The van der Waals surface area contributed by atoms with Crippen LogP contribution in [-0.2, 0) is 16.1 Å². The molecule has 30 heavy (non-hydrogen) atoms. The van der Waals surface area contributed by atoms with Crippen LogP contribution >= 0.6 is 0 Å². The lowest BCUT2D eigenvalue weighted by molar-refractivity contribution is -0.124. The van der Waals surface area contributed by atoms with E-state index >= 15 is 0 Å². The number of rotatable bonds is 6. The largest absolute Gasteiger partial charge is 0.467 e. The minimum Gasteiger partial charge on any atom is -0.467 e. The van der Waals surface area contributed by atoms with Gasteiger partial charge < -0.3 is 14.6 Å². The van der Waals surface area contributed by atoms with Gasteiger partial charge in [0.2, 0.25) is 5.91 Å². The van der Waals surface area contributed by atoms with Gasteiger partial charge in [0, 0.05) is 5.69 Å². The molecule has 7 heteroatoms. The fourth-order valence-corrected chi connectivity index (χ4v) is 3.42. The summed E-state index contributed by atoms with van der Waals surface area (Å²) in [4.78, 5) is 41.4. The number of hydrogen-bond acceptors (Lipinski definition) is 4. The highest BCUT2D eigenvalue weighted by atomic mass is 16.3. The number of carbonyl (C=O) groups excluding carboxylic acids is 3. The molecule has 1 N–H and O–H groups in total. The van der Waals surface area contributed by atoms with Gasteiger partial charge in [-0.3, -0.25) is 9.59 Å². The zero-order valence-electron chi connectivity index (χ0n) is 16.4. The molecule has 4 rings (SSSR count). The van der Waals surface area contributed by atoms with Crippen molar-refractivity contribution in [3.8, 4) is 0 Å². The average molecular weight is 403 g/mol. The quantitative estimate of drug-likeness (QED) is 0.632.